The van der Waals surface area contributed by atoms with Crippen molar-refractivity contribution in [3.05, 3.63) is 158 Å². The van der Waals surface area contributed by atoms with Crippen molar-refractivity contribution in [3.63, 3.8) is 0 Å². The quantitative estimate of drug-likeness (QED) is 0.183. The van der Waals surface area contributed by atoms with Crippen LogP contribution >= 0.6 is 0 Å². The molecular weight excluding hydrogens is 601 g/mol. The van der Waals surface area contributed by atoms with Crippen LogP contribution in [0.2, 0.25) is 0 Å². The molecule has 228 valence electrons. The highest BCUT2D eigenvalue weighted by Gasteiger charge is 2.21. The molecule has 0 saturated heterocycles. The first-order chi connectivity index (χ1) is 24.3. The van der Waals surface area contributed by atoms with Crippen molar-refractivity contribution >= 4 is 76.3 Å². The van der Waals surface area contributed by atoms with E-state index in [1.807, 2.05) is 36.5 Å². The maximum Gasteiger partial charge on any atom is 0.227 e. The number of nitrogens with zero attached hydrogens (tertiary/aromatic N) is 4. The Hall–Kier alpha value is -6.72. The molecule has 0 fully saturated rings. The van der Waals surface area contributed by atoms with E-state index in [0.717, 1.165) is 44.7 Å². The van der Waals surface area contributed by atoms with Gasteiger partial charge in [0.1, 0.15) is 11.3 Å². The standard InChI is InChI=1S/C44H26N4O/c1-3-14-33-29(11-1)30-12-2-4-15-34(30)43-42(33)35-23-21-28(26-39(35)48(43)41-19-9-10-24-45-41)47-37-17-7-5-13-31(37)32-22-20-27(25-38(32)47)44-46-36-16-6-8-18-40(36)49-44/h1-26H. The molecule has 0 atom stereocenters. The third kappa shape index (κ3) is 3.70. The second kappa shape index (κ2) is 9.89. The predicted octanol–water partition coefficient (Wildman–Crippen LogP) is 11.4. The van der Waals surface area contributed by atoms with Crippen LogP contribution in [-0.4, -0.2) is 19.1 Å². The number of hydrogen-bond donors (Lipinski definition) is 0. The lowest BCUT2D eigenvalue weighted by Gasteiger charge is -2.12. The van der Waals surface area contributed by atoms with Gasteiger partial charge in [0.2, 0.25) is 5.89 Å². The number of fused-ring (bicyclic) bond motifs is 12. The van der Waals surface area contributed by atoms with Gasteiger partial charge in [-0.3, -0.25) is 4.57 Å². The van der Waals surface area contributed by atoms with Crippen LogP contribution in [0.5, 0.6) is 0 Å². The molecule has 0 N–H and O–H groups in total. The van der Waals surface area contributed by atoms with Crippen LogP contribution in [0.15, 0.2) is 162 Å². The Morgan fingerprint density at radius 1 is 0.469 bits per heavy atom. The number of para-hydroxylation sites is 3. The molecule has 11 rings (SSSR count). The molecule has 4 heterocycles. The highest BCUT2D eigenvalue weighted by molar-refractivity contribution is 6.32. The van der Waals surface area contributed by atoms with Crippen molar-refractivity contribution < 1.29 is 4.42 Å². The molecule has 49 heavy (non-hydrogen) atoms. The molecule has 0 bridgehead atoms. The minimum Gasteiger partial charge on any atom is -0.436 e. The van der Waals surface area contributed by atoms with Gasteiger partial charge in [0.15, 0.2) is 5.58 Å². The van der Waals surface area contributed by atoms with Crippen LogP contribution in [-0.2, 0) is 0 Å². The zero-order chi connectivity index (χ0) is 32.1. The average molecular weight is 627 g/mol. The average Bonchev–Trinajstić information content (AvgIpc) is 3.85. The summed E-state index contributed by atoms with van der Waals surface area (Å²) in [4.78, 5) is 9.72. The number of pyridine rings is 1. The van der Waals surface area contributed by atoms with E-state index in [0.29, 0.717) is 5.89 Å². The lowest BCUT2D eigenvalue weighted by Crippen LogP contribution is -1.99. The number of rotatable bonds is 3. The SMILES string of the molecule is c1ccc(-n2c3cc(-n4c5ccccc5c5ccc(-c6nc7ccccc7o6)cc54)ccc3c3c4ccccc4c4ccccc4c32)nc1. The van der Waals surface area contributed by atoms with Crippen LogP contribution < -0.4 is 0 Å². The van der Waals surface area contributed by atoms with Gasteiger partial charge in [-0.1, -0.05) is 97.1 Å². The van der Waals surface area contributed by atoms with Gasteiger partial charge >= 0.3 is 0 Å². The molecule has 0 spiro atoms. The molecule has 0 aliphatic rings. The van der Waals surface area contributed by atoms with Crippen molar-refractivity contribution in [2.45, 2.75) is 0 Å². The van der Waals surface area contributed by atoms with Gasteiger partial charge in [0.05, 0.1) is 22.1 Å². The van der Waals surface area contributed by atoms with Gasteiger partial charge in [0.25, 0.3) is 0 Å². The molecule has 5 heteroatoms. The zero-order valence-electron chi connectivity index (χ0n) is 26.2. The Kier molecular flexibility index (Phi) is 5.32. The highest BCUT2D eigenvalue weighted by Crippen LogP contribution is 2.43. The lowest BCUT2D eigenvalue weighted by molar-refractivity contribution is 0.620. The van der Waals surface area contributed by atoms with Crippen molar-refractivity contribution in [1.82, 2.24) is 19.1 Å². The zero-order valence-corrected chi connectivity index (χ0v) is 26.2. The monoisotopic (exact) mass is 626 g/mol. The molecule has 0 aliphatic carbocycles. The van der Waals surface area contributed by atoms with Gasteiger partial charge in [-0.15, -0.1) is 0 Å². The van der Waals surface area contributed by atoms with Gasteiger partial charge in [-0.05, 0) is 70.8 Å². The first-order valence-electron chi connectivity index (χ1n) is 16.5. The first kappa shape index (κ1) is 26.4. The van der Waals surface area contributed by atoms with Crippen LogP contribution in [0.1, 0.15) is 0 Å². The molecule has 0 aliphatic heterocycles. The summed E-state index contributed by atoms with van der Waals surface area (Å²) in [6.45, 7) is 0. The number of aromatic nitrogens is 4. The van der Waals surface area contributed by atoms with Crippen molar-refractivity contribution in [2.75, 3.05) is 0 Å². The molecular formula is C44H26N4O. The molecule has 0 amide bonds. The summed E-state index contributed by atoms with van der Waals surface area (Å²) in [5, 5.41) is 9.75. The van der Waals surface area contributed by atoms with Crippen molar-refractivity contribution in [2.24, 2.45) is 0 Å². The van der Waals surface area contributed by atoms with Crippen LogP contribution in [0.4, 0.5) is 0 Å². The molecule has 0 radical (unpaired) electrons. The van der Waals surface area contributed by atoms with Crippen molar-refractivity contribution in [1.29, 1.82) is 0 Å². The normalized spacial score (nSPS) is 12.1. The van der Waals surface area contributed by atoms with E-state index in [-0.39, 0.29) is 0 Å². The summed E-state index contributed by atoms with van der Waals surface area (Å²) in [5.41, 5.74) is 8.15. The van der Waals surface area contributed by atoms with Gasteiger partial charge < -0.3 is 8.98 Å². The first-order valence-corrected chi connectivity index (χ1v) is 16.5. The third-order valence-corrected chi connectivity index (χ3v) is 9.97. The van der Waals surface area contributed by atoms with Gasteiger partial charge in [0, 0.05) is 44.4 Å². The summed E-state index contributed by atoms with van der Waals surface area (Å²) in [6, 6.07) is 53.6. The molecule has 5 nitrogen and oxygen atoms in total. The Balaban J connectivity index is 1.26. The number of oxazole rings is 1. The maximum absolute atomic E-state index is 6.22. The van der Waals surface area contributed by atoms with Crippen molar-refractivity contribution in [3.8, 4) is 23.0 Å². The van der Waals surface area contributed by atoms with E-state index in [9.17, 15) is 0 Å². The minimum absolute atomic E-state index is 0.615. The van der Waals surface area contributed by atoms with E-state index in [2.05, 4.69) is 130 Å². The summed E-state index contributed by atoms with van der Waals surface area (Å²) >= 11 is 0. The molecule has 0 saturated carbocycles. The van der Waals surface area contributed by atoms with E-state index >= 15 is 0 Å². The third-order valence-electron chi connectivity index (χ3n) is 9.97. The number of benzene rings is 7. The Morgan fingerprint density at radius 3 is 1.98 bits per heavy atom. The van der Waals surface area contributed by atoms with Crippen LogP contribution in [0.3, 0.4) is 0 Å². The van der Waals surface area contributed by atoms with E-state index in [1.54, 1.807) is 0 Å². The Labute approximate surface area is 279 Å². The number of hydrogen-bond acceptors (Lipinski definition) is 3. The fourth-order valence-corrected chi connectivity index (χ4v) is 7.90. The summed E-state index contributed by atoms with van der Waals surface area (Å²) in [7, 11) is 0. The lowest BCUT2D eigenvalue weighted by atomic mass is 9.97. The minimum atomic E-state index is 0.615. The van der Waals surface area contributed by atoms with Crippen LogP contribution in [0.25, 0.3) is 99.2 Å². The Bertz CT molecular complexity index is 3080. The maximum atomic E-state index is 6.22. The molecule has 11 aromatic rings. The molecule has 7 aromatic carbocycles. The fourth-order valence-electron chi connectivity index (χ4n) is 7.90. The second-order valence-corrected chi connectivity index (χ2v) is 12.6. The second-order valence-electron chi connectivity index (χ2n) is 12.6. The smallest absolute Gasteiger partial charge is 0.227 e. The summed E-state index contributed by atoms with van der Waals surface area (Å²) < 4.78 is 10.9. The fraction of sp³-hybridized carbons (Fsp3) is 0. The van der Waals surface area contributed by atoms with E-state index < -0.39 is 0 Å². The Morgan fingerprint density at radius 2 is 1.14 bits per heavy atom. The van der Waals surface area contributed by atoms with Gasteiger partial charge in [-0.25, -0.2) is 9.97 Å². The summed E-state index contributed by atoms with van der Waals surface area (Å²) in [5.74, 6) is 1.50. The molecule has 4 aromatic heterocycles. The highest BCUT2D eigenvalue weighted by atomic mass is 16.3. The largest absolute Gasteiger partial charge is 0.436 e. The van der Waals surface area contributed by atoms with Gasteiger partial charge in [-0.2, -0.15) is 0 Å². The molecule has 0 unspecified atom stereocenters. The van der Waals surface area contributed by atoms with Crippen LogP contribution in [0, 0.1) is 0 Å². The van der Waals surface area contributed by atoms with E-state index in [1.165, 1.54) is 48.6 Å². The predicted molar refractivity (Wildman–Crippen MR) is 201 cm³/mol. The van der Waals surface area contributed by atoms with E-state index in [4.69, 9.17) is 14.4 Å². The topological polar surface area (TPSA) is 48.8 Å². The summed E-state index contributed by atoms with van der Waals surface area (Å²) in [6.07, 6.45) is 1.88.